The molecule has 4 aromatic heterocycles. The molecule has 0 saturated heterocycles. The van der Waals surface area contributed by atoms with Crippen molar-refractivity contribution < 1.29 is 17.7 Å². The third-order valence-corrected chi connectivity index (χ3v) is 25.3. The van der Waals surface area contributed by atoms with E-state index in [1.807, 2.05) is 0 Å². The van der Waals surface area contributed by atoms with Gasteiger partial charge in [0, 0.05) is 54.6 Å². The number of hydrogen-bond acceptors (Lipinski definition) is 6. The molecule has 0 bridgehead atoms. The highest BCUT2D eigenvalue weighted by Gasteiger charge is 2.50. The Labute approximate surface area is 463 Å². The van der Waals surface area contributed by atoms with Crippen LogP contribution in [0.25, 0.3) is 110 Å². The van der Waals surface area contributed by atoms with Gasteiger partial charge in [0.1, 0.15) is 44.1 Å². The quantitative estimate of drug-likeness (QED) is 0.155. The fourth-order valence-corrected chi connectivity index (χ4v) is 22.9. The number of furan rings is 4. The fraction of sp³-hybridized carbons (Fsp3) is 0.0833. The lowest BCUT2D eigenvalue weighted by molar-refractivity contribution is 0.666. The molecule has 0 saturated carbocycles. The largest absolute Gasteiger partial charge is 0.455 e. The van der Waals surface area contributed by atoms with Crippen LogP contribution in [0.2, 0.25) is 26.2 Å². The van der Waals surface area contributed by atoms with Crippen LogP contribution in [-0.2, 0) is 0 Å². The first kappa shape index (κ1) is 45.7. The van der Waals surface area contributed by atoms with E-state index in [0.717, 1.165) is 133 Å². The van der Waals surface area contributed by atoms with E-state index < -0.39 is 16.1 Å². The number of fused-ring (bicyclic) bond motifs is 21. The average molecular weight is 1070 g/mol. The number of benzene rings is 11. The predicted octanol–water partition coefficient (Wildman–Crippen LogP) is 18.4. The second-order valence-corrected chi connectivity index (χ2v) is 31.7. The Bertz CT molecular complexity index is 5210. The zero-order valence-corrected chi connectivity index (χ0v) is 47.2. The van der Waals surface area contributed by atoms with Gasteiger partial charge in [0.25, 0.3) is 0 Å². The van der Waals surface area contributed by atoms with Gasteiger partial charge in [-0.25, -0.2) is 0 Å². The topological polar surface area (TPSA) is 59.0 Å². The Morgan fingerprint density at radius 1 is 0.300 bits per heavy atom. The molecule has 6 nitrogen and oxygen atoms in total. The monoisotopic (exact) mass is 1060 g/mol. The van der Waals surface area contributed by atoms with Crippen molar-refractivity contribution in [2.45, 2.75) is 40.0 Å². The normalized spacial score (nSPS) is 14.1. The maximum absolute atomic E-state index is 7.35. The first-order valence-corrected chi connectivity index (χ1v) is 33.7. The molecule has 0 aliphatic carbocycles. The third-order valence-electron chi connectivity index (χ3n) is 18.0. The minimum absolute atomic E-state index is 0.844. The Morgan fingerprint density at radius 3 is 1.21 bits per heavy atom. The minimum atomic E-state index is -2.63. The molecule has 382 valence electrons. The van der Waals surface area contributed by atoms with Crippen LogP contribution in [0, 0.1) is 13.8 Å². The molecular weight excluding hydrogens is 1010 g/mol. The van der Waals surface area contributed by atoms with Crippen LogP contribution in [0.4, 0.5) is 34.1 Å². The van der Waals surface area contributed by atoms with E-state index in [-0.39, 0.29) is 0 Å². The summed E-state index contributed by atoms with van der Waals surface area (Å²) >= 11 is 0. The lowest BCUT2D eigenvalue weighted by Gasteiger charge is -2.31. The lowest BCUT2D eigenvalue weighted by atomic mass is 9.95. The van der Waals surface area contributed by atoms with Gasteiger partial charge in [0.2, 0.25) is 0 Å². The summed E-state index contributed by atoms with van der Waals surface area (Å²) in [5.74, 6) is 0. The van der Waals surface area contributed by atoms with E-state index in [2.05, 4.69) is 256 Å². The maximum Gasteiger partial charge on any atom is 0.160 e. The van der Waals surface area contributed by atoms with E-state index in [4.69, 9.17) is 17.7 Å². The van der Waals surface area contributed by atoms with Crippen LogP contribution in [-0.4, -0.2) is 16.1 Å². The molecule has 0 atom stereocenters. The van der Waals surface area contributed by atoms with Crippen molar-refractivity contribution in [1.29, 1.82) is 0 Å². The van der Waals surface area contributed by atoms with Crippen LogP contribution in [0.3, 0.4) is 0 Å². The van der Waals surface area contributed by atoms with Gasteiger partial charge in [0.05, 0.1) is 28.1 Å². The average Bonchev–Trinajstić information content (AvgIpc) is 4.41. The van der Waals surface area contributed by atoms with Crippen molar-refractivity contribution in [1.82, 2.24) is 0 Å². The molecule has 0 spiro atoms. The standard InChI is InChI=1S/C72H52N2O4Si2/c1-41-21-7-13-29-51(41)73(53-31-19-27-45-43-23-9-15-33-57(43)75-67(45)53)55-39-62-65(70-63(55)47-25-11-17-35-59(47)78-70)50-38-37-49-64-61(79(3,4)71(49)72(50)80(62,5)6)40-56(69-66(64)48-26-12-18-36-60(48)77-69)74(52-30-14-8-22-42(52)2)54-32-20-28-46-44-24-10-16-34-58(44)76-68(46)54/h7-40H,1-6H3. The second-order valence-electron chi connectivity index (χ2n) is 23.1. The van der Waals surface area contributed by atoms with E-state index in [1.165, 1.54) is 43.0 Å². The van der Waals surface area contributed by atoms with Gasteiger partial charge < -0.3 is 27.5 Å². The molecule has 80 heavy (non-hydrogen) atoms. The van der Waals surface area contributed by atoms with Crippen LogP contribution in [0.5, 0.6) is 0 Å². The number of para-hydroxylation sites is 8. The Hall–Kier alpha value is -9.35. The van der Waals surface area contributed by atoms with Gasteiger partial charge in [-0.1, -0.05) is 172 Å². The summed E-state index contributed by atoms with van der Waals surface area (Å²) in [4.78, 5) is 4.88. The molecule has 17 rings (SSSR count). The fourth-order valence-electron chi connectivity index (χ4n) is 14.4. The van der Waals surface area contributed by atoms with Crippen LogP contribution in [0.1, 0.15) is 11.1 Å². The molecule has 15 aromatic rings. The minimum Gasteiger partial charge on any atom is -0.455 e. The molecule has 2 aliphatic rings. The summed E-state index contributed by atoms with van der Waals surface area (Å²) in [7, 11) is -5.25. The Morgan fingerprint density at radius 2 is 0.675 bits per heavy atom. The van der Waals surface area contributed by atoms with Gasteiger partial charge in [0.15, 0.2) is 16.7 Å². The van der Waals surface area contributed by atoms with Crippen LogP contribution in [0.15, 0.2) is 224 Å². The number of aryl methyl sites for hydroxylation is 2. The van der Waals surface area contributed by atoms with Crippen LogP contribution < -0.4 is 30.5 Å². The molecular formula is C72H52N2O4Si2. The zero-order chi connectivity index (χ0) is 53.5. The lowest BCUT2D eigenvalue weighted by Crippen LogP contribution is -2.63. The van der Waals surface area contributed by atoms with Crippen molar-refractivity contribution in [3.8, 4) is 22.3 Å². The second kappa shape index (κ2) is 16.1. The van der Waals surface area contributed by atoms with Crippen LogP contribution >= 0.6 is 0 Å². The summed E-state index contributed by atoms with van der Waals surface area (Å²) in [5.41, 5.74) is 20.7. The number of rotatable bonds is 6. The first-order valence-electron chi connectivity index (χ1n) is 27.7. The first-order chi connectivity index (χ1) is 39.1. The van der Waals surface area contributed by atoms with E-state index in [1.54, 1.807) is 0 Å². The van der Waals surface area contributed by atoms with Gasteiger partial charge in [-0.05, 0) is 123 Å². The van der Waals surface area contributed by atoms with Crippen molar-refractivity contribution in [3.63, 3.8) is 0 Å². The molecule has 0 fully saturated rings. The number of hydrogen-bond donors (Lipinski definition) is 0. The third kappa shape index (κ3) is 5.96. The summed E-state index contributed by atoms with van der Waals surface area (Å²) in [6, 6.07) is 74.5. The highest BCUT2D eigenvalue weighted by atomic mass is 28.3. The molecule has 8 heteroatoms. The predicted molar refractivity (Wildman–Crippen MR) is 339 cm³/mol. The molecule has 2 aliphatic heterocycles. The van der Waals surface area contributed by atoms with E-state index in [9.17, 15) is 0 Å². The molecule has 6 heterocycles. The van der Waals surface area contributed by atoms with Crippen molar-refractivity contribution in [2.75, 3.05) is 9.80 Å². The molecule has 0 radical (unpaired) electrons. The van der Waals surface area contributed by atoms with Crippen molar-refractivity contribution in [3.05, 3.63) is 217 Å². The van der Waals surface area contributed by atoms with Crippen molar-refractivity contribution >= 4 is 159 Å². The van der Waals surface area contributed by atoms with Gasteiger partial charge in [-0.3, -0.25) is 0 Å². The summed E-state index contributed by atoms with van der Waals surface area (Å²) < 4.78 is 28.4. The van der Waals surface area contributed by atoms with Crippen molar-refractivity contribution in [2.24, 2.45) is 0 Å². The highest BCUT2D eigenvalue weighted by Crippen LogP contribution is 2.53. The maximum atomic E-state index is 7.35. The Balaban J connectivity index is 0.939. The SMILES string of the molecule is Cc1ccccc1N(c1cccc2c1oc1ccccc12)c1cc2c(c3c1oc1ccccc13)-c1ccc3c(c1[Si]2(C)C)[Si](C)(C)c1cc(N(c2ccccc2C)c2cccc4c2oc2ccccc24)c2c(oc4ccccc42)c1-3. The number of nitrogens with zero attached hydrogens (tertiary/aromatic N) is 2. The van der Waals surface area contributed by atoms with Gasteiger partial charge >= 0.3 is 0 Å². The molecule has 0 N–H and O–H groups in total. The highest BCUT2D eigenvalue weighted by molar-refractivity contribution is 7.13. The van der Waals surface area contributed by atoms with Gasteiger partial charge in [-0.15, -0.1) is 0 Å². The summed E-state index contributed by atoms with van der Waals surface area (Å²) in [6.45, 7) is 14.8. The molecule has 0 unspecified atom stereocenters. The van der Waals surface area contributed by atoms with E-state index >= 15 is 0 Å². The summed E-state index contributed by atoms with van der Waals surface area (Å²) in [5, 5.41) is 14.7. The van der Waals surface area contributed by atoms with Gasteiger partial charge in [-0.2, -0.15) is 0 Å². The van der Waals surface area contributed by atoms with E-state index in [0.29, 0.717) is 0 Å². The number of anilines is 6. The molecule has 11 aromatic carbocycles. The summed E-state index contributed by atoms with van der Waals surface area (Å²) in [6.07, 6.45) is 0. The zero-order valence-electron chi connectivity index (χ0n) is 45.2. The molecule has 0 amide bonds. The Kier molecular flexibility index (Phi) is 9.21. The smallest absolute Gasteiger partial charge is 0.160 e.